The van der Waals surface area contributed by atoms with Gasteiger partial charge in [-0.1, -0.05) is 0 Å². The molecule has 1 atom stereocenters. The Morgan fingerprint density at radius 2 is 2.46 bits per heavy atom. The Bertz CT molecular complexity index is 303. The lowest BCUT2D eigenvalue weighted by molar-refractivity contribution is 0.641. The van der Waals surface area contributed by atoms with Gasteiger partial charge in [0.2, 0.25) is 0 Å². The van der Waals surface area contributed by atoms with Gasteiger partial charge in [-0.25, -0.2) is 4.98 Å². The summed E-state index contributed by atoms with van der Waals surface area (Å²) < 4.78 is 0. The van der Waals surface area contributed by atoms with Crippen LogP contribution in [0.25, 0.3) is 0 Å². The molecule has 0 amide bonds. The fraction of sp³-hybridized carbons (Fsp3) is 0.500. The standard InChI is InChI=1S/C10H15N3/c1-7-5-10(11)13-6-8(7)9-3-2-4-12-9/h5-6,9,12H,2-4H2,1H3,(H2,11,13). The summed E-state index contributed by atoms with van der Waals surface area (Å²) in [6.45, 7) is 3.21. The zero-order valence-electron chi connectivity index (χ0n) is 7.88. The topological polar surface area (TPSA) is 50.9 Å². The maximum absolute atomic E-state index is 5.59. The van der Waals surface area contributed by atoms with Crippen molar-refractivity contribution in [3.8, 4) is 0 Å². The van der Waals surface area contributed by atoms with Crippen molar-refractivity contribution in [3.63, 3.8) is 0 Å². The van der Waals surface area contributed by atoms with Gasteiger partial charge in [0.05, 0.1) is 0 Å². The van der Waals surface area contributed by atoms with E-state index in [1.54, 1.807) is 0 Å². The number of rotatable bonds is 1. The molecular weight excluding hydrogens is 162 g/mol. The fourth-order valence-electron chi connectivity index (χ4n) is 1.90. The van der Waals surface area contributed by atoms with E-state index in [1.807, 2.05) is 12.3 Å². The van der Waals surface area contributed by atoms with Crippen molar-refractivity contribution in [3.05, 3.63) is 23.4 Å². The van der Waals surface area contributed by atoms with E-state index in [-0.39, 0.29) is 0 Å². The molecule has 0 saturated carbocycles. The van der Waals surface area contributed by atoms with E-state index in [0.29, 0.717) is 11.9 Å². The molecule has 3 nitrogen and oxygen atoms in total. The highest BCUT2D eigenvalue weighted by Gasteiger charge is 2.17. The third kappa shape index (κ3) is 1.65. The molecule has 1 saturated heterocycles. The predicted octanol–water partition coefficient (Wildman–Crippen LogP) is 1.40. The van der Waals surface area contributed by atoms with Gasteiger partial charge in [-0.2, -0.15) is 0 Å². The van der Waals surface area contributed by atoms with Gasteiger partial charge in [0.15, 0.2) is 0 Å². The Labute approximate surface area is 78.4 Å². The van der Waals surface area contributed by atoms with Crippen molar-refractivity contribution < 1.29 is 0 Å². The van der Waals surface area contributed by atoms with Crippen molar-refractivity contribution in [2.75, 3.05) is 12.3 Å². The molecule has 1 aliphatic rings. The zero-order chi connectivity index (χ0) is 9.26. The highest BCUT2D eigenvalue weighted by atomic mass is 14.9. The molecule has 1 aliphatic heterocycles. The monoisotopic (exact) mass is 177 g/mol. The quantitative estimate of drug-likeness (QED) is 0.681. The van der Waals surface area contributed by atoms with Crippen molar-refractivity contribution in [2.45, 2.75) is 25.8 Å². The Morgan fingerprint density at radius 1 is 1.62 bits per heavy atom. The molecular formula is C10H15N3. The lowest BCUT2D eigenvalue weighted by Crippen LogP contribution is -2.14. The summed E-state index contributed by atoms with van der Waals surface area (Å²) in [7, 11) is 0. The van der Waals surface area contributed by atoms with Crippen LogP contribution in [0, 0.1) is 6.92 Å². The van der Waals surface area contributed by atoms with Crippen LogP contribution in [0.3, 0.4) is 0 Å². The van der Waals surface area contributed by atoms with Crippen molar-refractivity contribution in [2.24, 2.45) is 0 Å². The van der Waals surface area contributed by atoms with Crippen LogP contribution >= 0.6 is 0 Å². The van der Waals surface area contributed by atoms with E-state index >= 15 is 0 Å². The van der Waals surface area contributed by atoms with Crippen molar-refractivity contribution >= 4 is 5.82 Å². The molecule has 0 bridgehead atoms. The van der Waals surface area contributed by atoms with Gasteiger partial charge in [0, 0.05) is 12.2 Å². The average Bonchev–Trinajstić information content (AvgIpc) is 2.56. The molecule has 1 aromatic heterocycles. The van der Waals surface area contributed by atoms with E-state index in [1.165, 1.54) is 24.0 Å². The predicted molar refractivity (Wildman–Crippen MR) is 53.4 cm³/mol. The maximum atomic E-state index is 5.59. The summed E-state index contributed by atoms with van der Waals surface area (Å²) in [6.07, 6.45) is 4.37. The van der Waals surface area contributed by atoms with Crippen molar-refractivity contribution in [1.82, 2.24) is 10.3 Å². The second-order valence-electron chi connectivity index (χ2n) is 3.61. The van der Waals surface area contributed by atoms with E-state index in [9.17, 15) is 0 Å². The van der Waals surface area contributed by atoms with Crippen LogP contribution in [0.5, 0.6) is 0 Å². The summed E-state index contributed by atoms with van der Waals surface area (Å²) >= 11 is 0. The van der Waals surface area contributed by atoms with Gasteiger partial charge in [0.1, 0.15) is 5.82 Å². The fourth-order valence-corrected chi connectivity index (χ4v) is 1.90. The van der Waals surface area contributed by atoms with Gasteiger partial charge < -0.3 is 11.1 Å². The Morgan fingerprint density at radius 3 is 3.08 bits per heavy atom. The molecule has 1 aromatic rings. The number of anilines is 1. The number of hydrogen-bond donors (Lipinski definition) is 2. The molecule has 0 spiro atoms. The Hall–Kier alpha value is -1.09. The van der Waals surface area contributed by atoms with Crippen LogP contribution in [0.2, 0.25) is 0 Å². The number of hydrogen-bond acceptors (Lipinski definition) is 3. The summed E-state index contributed by atoms with van der Waals surface area (Å²) in [5.41, 5.74) is 8.14. The third-order valence-electron chi connectivity index (χ3n) is 2.61. The minimum Gasteiger partial charge on any atom is -0.384 e. The molecule has 0 radical (unpaired) electrons. The Balaban J connectivity index is 2.29. The number of nitrogens with one attached hydrogen (secondary N) is 1. The molecule has 2 heterocycles. The van der Waals surface area contributed by atoms with E-state index < -0.39 is 0 Å². The number of aryl methyl sites for hydroxylation is 1. The third-order valence-corrected chi connectivity index (χ3v) is 2.61. The largest absolute Gasteiger partial charge is 0.384 e. The van der Waals surface area contributed by atoms with Crippen LogP contribution in [0.1, 0.15) is 30.0 Å². The number of nitrogens with zero attached hydrogens (tertiary/aromatic N) is 1. The first-order valence-electron chi connectivity index (χ1n) is 4.73. The normalized spacial score (nSPS) is 22.1. The van der Waals surface area contributed by atoms with E-state index in [0.717, 1.165) is 6.54 Å². The first-order chi connectivity index (χ1) is 6.27. The highest BCUT2D eigenvalue weighted by molar-refractivity contribution is 5.37. The van der Waals surface area contributed by atoms with E-state index in [4.69, 9.17) is 5.73 Å². The second-order valence-corrected chi connectivity index (χ2v) is 3.61. The molecule has 0 aromatic carbocycles. The molecule has 3 N–H and O–H groups in total. The minimum absolute atomic E-state index is 0.494. The summed E-state index contributed by atoms with van der Waals surface area (Å²) in [5, 5.41) is 3.45. The van der Waals surface area contributed by atoms with Crippen LogP contribution in [-0.4, -0.2) is 11.5 Å². The molecule has 0 aliphatic carbocycles. The average molecular weight is 177 g/mol. The van der Waals surface area contributed by atoms with Gasteiger partial charge in [-0.15, -0.1) is 0 Å². The smallest absolute Gasteiger partial charge is 0.123 e. The SMILES string of the molecule is Cc1cc(N)ncc1C1CCCN1. The molecule has 2 rings (SSSR count). The lowest BCUT2D eigenvalue weighted by Gasteiger charge is -2.13. The van der Waals surface area contributed by atoms with Crippen LogP contribution < -0.4 is 11.1 Å². The van der Waals surface area contributed by atoms with E-state index in [2.05, 4.69) is 17.2 Å². The summed E-state index contributed by atoms with van der Waals surface area (Å²) in [4.78, 5) is 4.12. The van der Waals surface area contributed by atoms with Crippen LogP contribution in [-0.2, 0) is 0 Å². The van der Waals surface area contributed by atoms with Crippen LogP contribution in [0.15, 0.2) is 12.3 Å². The zero-order valence-corrected chi connectivity index (χ0v) is 7.88. The lowest BCUT2D eigenvalue weighted by atomic mass is 10.0. The van der Waals surface area contributed by atoms with Gasteiger partial charge in [-0.3, -0.25) is 0 Å². The van der Waals surface area contributed by atoms with Crippen molar-refractivity contribution in [1.29, 1.82) is 0 Å². The van der Waals surface area contributed by atoms with Gasteiger partial charge >= 0.3 is 0 Å². The summed E-state index contributed by atoms with van der Waals surface area (Å²) in [6, 6.07) is 2.43. The molecule has 3 heteroatoms. The number of pyridine rings is 1. The first kappa shape index (κ1) is 8.51. The number of nitrogens with two attached hydrogens (primary N) is 1. The molecule has 1 fully saturated rings. The molecule has 13 heavy (non-hydrogen) atoms. The molecule has 70 valence electrons. The van der Waals surface area contributed by atoms with Crippen LogP contribution in [0.4, 0.5) is 5.82 Å². The minimum atomic E-state index is 0.494. The van der Waals surface area contributed by atoms with Gasteiger partial charge in [0.25, 0.3) is 0 Å². The van der Waals surface area contributed by atoms with Gasteiger partial charge in [-0.05, 0) is 43.5 Å². The Kier molecular flexibility index (Phi) is 2.19. The number of aromatic nitrogens is 1. The molecule has 1 unspecified atom stereocenters. The number of nitrogen functional groups attached to an aromatic ring is 1. The second kappa shape index (κ2) is 3.34. The highest BCUT2D eigenvalue weighted by Crippen LogP contribution is 2.25. The maximum Gasteiger partial charge on any atom is 0.123 e. The summed E-state index contributed by atoms with van der Waals surface area (Å²) in [5.74, 6) is 0.610. The first-order valence-corrected chi connectivity index (χ1v) is 4.73.